The van der Waals surface area contributed by atoms with E-state index in [4.69, 9.17) is 0 Å². The normalized spacial score (nSPS) is 16.5. The molecule has 2 heterocycles. The molecule has 2 aromatic rings. The van der Waals surface area contributed by atoms with E-state index < -0.39 is 0 Å². The van der Waals surface area contributed by atoms with Crippen LogP contribution >= 0.6 is 0 Å². The molecule has 144 valence electrons. The summed E-state index contributed by atoms with van der Waals surface area (Å²) < 4.78 is 0. The largest absolute Gasteiger partial charge is 0.319 e. The predicted molar refractivity (Wildman–Crippen MR) is 113 cm³/mol. The van der Waals surface area contributed by atoms with Crippen molar-refractivity contribution in [1.82, 2.24) is 9.88 Å². The van der Waals surface area contributed by atoms with Crippen molar-refractivity contribution < 1.29 is 4.79 Å². The summed E-state index contributed by atoms with van der Waals surface area (Å²) in [5.74, 6) is 7.25. The minimum Gasteiger partial charge on any atom is -0.319 e. The summed E-state index contributed by atoms with van der Waals surface area (Å²) in [6, 6.07) is 12.0. The molecule has 0 radical (unpaired) electrons. The van der Waals surface area contributed by atoms with Gasteiger partial charge in [-0.1, -0.05) is 43.2 Å². The maximum Gasteiger partial charge on any atom is 0.257 e. The molecule has 4 rings (SSSR count). The third-order valence-electron chi connectivity index (χ3n) is 5.62. The third kappa shape index (κ3) is 3.88. The molecule has 1 aliphatic carbocycles. The number of para-hydroxylation sites is 1. The number of carbonyl (C=O) groups excluding carboxylic acids is 1. The number of benzene rings is 1. The topological polar surface area (TPSA) is 48.5 Å². The van der Waals surface area contributed by atoms with Gasteiger partial charge in [-0.15, -0.1) is 0 Å². The van der Waals surface area contributed by atoms with Gasteiger partial charge in [-0.3, -0.25) is 9.69 Å². The first-order valence-electron chi connectivity index (χ1n) is 10.0. The monoisotopic (exact) mass is 374 g/mol. The zero-order chi connectivity index (χ0) is 19.3. The van der Waals surface area contributed by atoms with Crippen LogP contribution in [0.15, 0.2) is 42.6 Å². The second-order valence-electron chi connectivity index (χ2n) is 7.49. The van der Waals surface area contributed by atoms with Crippen LogP contribution < -0.4 is 10.2 Å². The summed E-state index contributed by atoms with van der Waals surface area (Å²) >= 11 is 0. The van der Waals surface area contributed by atoms with Gasteiger partial charge in [0.25, 0.3) is 5.91 Å². The molecule has 5 heteroatoms. The van der Waals surface area contributed by atoms with Gasteiger partial charge < -0.3 is 10.2 Å². The fraction of sp³-hybridized carbons (Fsp3) is 0.391. The third-order valence-corrected chi connectivity index (χ3v) is 5.62. The molecule has 0 unspecified atom stereocenters. The van der Waals surface area contributed by atoms with Crippen LogP contribution in [0.4, 0.5) is 17.2 Å². The number of pyridine rings is 1. The summed E-state index contributed by atoms with van der Waals surface area (Å²) in [5, 5.41) is 2.96. The SMILES string of the molecule is CN(CC#CCN1c2ccccc2C(=O)Nc2cccnc21)C1CCCCC1. The van der Waals surface area contributed by atoms with Crippen molar-refractivity contribution in [3.63, 3.8) is 0 Å². The van der Waals surface area contributed by atoms with E-state index in [0.29, 0.717) is 23.8 Å². The number of anilines is 3. The summed E-state index contributed by atoms with van der Waals surface area (Å²) in [7, 11) is 2.17. The van der Waals surface area contributed by atoms with Crippen molar-refractivity contribution in [2.45, 2.75) is 38.1 Å². The molecule has 1 aromatic carbocycles. The highest BCUT2D eigenvalue weighted by atomic mass is 16.1. The Bertz CT molecular complexity index is 908. The highest BCUT2D eigenvalue weighted by Crippen LogP contribution is 2.35. The molecule has 0 spiro atoms. The average molecular weight is 374 g/mol. The molecule has 1 aliphatic heterocycles. The summed E-state index contributed by atoms with van der Waals surface area (Å²) in [6.45, 7) is 1.26. The molecule has 5 nitrogen and oxygen atoms in total. The number of hydrogen-bond acceptors (Lipinski definition) is 4. The summed E-state index contributed by atoms with van der Waals surface area (Å²) in [5.41, 5.74) is 2.19. The molecule has 1 fully saturated rings. The van der Waals surface area contributed by atoms with Gasteiger partial charge in [0.15, 0.2) is 5.82 Å². The molecular formula is C23H26N4O. The Kier molecular flexibility index (Phi) is 5.59. The molecule has 0 atom stereocenters. The van der Waals surface area contributed by atoms with Crippen molar-refractivity contribution in [2.75, 3.05) is 30.4 Å². The minimum atomic E-state index is -0.114. The number of rotatable bonds is 3. The number of nitrogens with one attached hydrogen (secondary N) is 1. The predicted octanol–water partition coefficient (Wildman–Crippen LogP) is 4.05. The summed E-state index contributed by atoms with van der Waals surface area (Å²) in [6.07, 6.45) is 8.33. The van der Waals surface area contributed by atoms with Crippen molar-refractivity contribution >= 4 is 23.1 Å². The van der Waals surface area contributed by atoms with Gasteiger partial charge in [-0.05, 0) is 44.2 Å². The second kappa shape index (κ2) is 8.45. The molecule has 1 N–H and O–H groups in total. The van der Waals surface area contributed by atoms with Gasteiger partial charge in [-0.2, -0.15) is 0 Å². The number of amides is 1. The lowest BCUT2D eigenvalue weighted by molar-refractivity contribution is 0.102. The van der Waals surface area contributed by atoms with Gasteiger partial charge in [0.2, 0.25) is 0 Å². The Balaban J connectivity index is 1.54. The first-order valence-corrected chi connectivity index (χ1v) is 10.0. The van der Waals surface area contributed by atoms with E-state index in [1.807, 2.05) is 41.3 Å². The molecule has 1 aromatic heterocycles. The quantitative estimate of drug-likeness (QED) is 0.824. The smallest absolute Gasteiger partial charge is 0.257 e. The minimum absolute atomic E-state index is 0.114. The lowest BCUT2D eigenvalue weighted by atomic mass is 9.94. The average Bonchev–Trinajstić information content (AvgIpc) is 2.86. The van der Waals surface area contributed by atoms with E-state index in [0.717, 1.165) is 18.1 Å². The van der Waals surface area contributed by atoms with E-state index in [1.54, 1.807) is 6.20 Å². The van der Waals surface area contributed by atoms with Crippen molar-refractivity contribution in [1.29, 1.82) is 0 Å². The van der Waals surface area contributed by atoms with Crippen molar-refractivity contribution in [3.05, 3.63) is 48.2 Å². The Morgan fingerprint density at radius 3 is 2.82 bits per heavy atom. The fourth-order valence-electron chi connectivity index (χ4n) is 4.04. The zero-order valence-electron chi connectivity index (χ0n) is 16.3. The standard InChI is InChI=1S/C23H26N4O/c1-26(18-10-3-2-4-11-18)16-7-8-17-27-21-14-6-5-12-19(21)23(28)25-20-13-9-15-24-22(20)27/h5-6,9,12-15,18H,2-4,10-11,16-17H2,1H3,(H,25,28). The van der Waals surface area contributed by atoms with Crippen LogP contribution in [0.25, 0.3) is 0 Å². The summed E-state index contributed by atoms with van der Waals surface area (Å²) in [4.78, 5) is 21.5. The van der Waals surface area contributed by atoms with Gasteiger partial charge in [-0.25, -0.2) is 4.98 Å². The maximum atomic E-state index is 12.6. The van der Waals surface area contributed by atoms with Crippen LogP contribution in [-0.4, -0.2) is 42.0 Å². The first kappa shape index (κ1) is 18.5. The molecule has 1 amide bonds. The van der Waals surface area contributed by atoms with Gasteiger partial charge >= 0.3 is 0 Å². The lowest BCUT2D eigenvalue weighted by Crippen LogP contribution is -2.33. The van der Waals surface area contributed by atoms with Crippen molar-refractivity contribution in [2.24, 2.45) is 0 Å². The lowest BCUT2D eigenvalue weighted by Gasteiger charge is -2.29. The van der Waals surface area contributed by atoms with Crippen LogP contribution in [0.2, 0.25) is 0 Å². The Morgan fingerprint density at radius 1 is 1.14 bits per heavy atom. The highest BCUT2D eigenvalue weighted by Gasteiger charge is 2.25. The van der Waals surface area contributed by atoms with E-state index >= 15 is 0 Å². The Labute approximate surface area is 166 Å². The number of hydrogen-bond donors (Lipinski definition) is 1. The van der Waals surface area contributed by atoms with Crippen LogP contribution in [-0.2, 0) is 0 Å². The highest BCUT2D eigenvalue weighted by molar-refractivity contribution is 6.12. The van der Waals surface area contributed by atoms with Crippen LogP contribution in [0, 0.1) is 11.8 Å². The van der Waals surface area contributed by atoms with E-state index in [2.05, 4.69) is 34.1 Å². The van der Waals surface area contributed by atoms with Crippen LogP contribution in [0.3, 0.4) is 0 Å². The van der Waals surface area contributed by atoms with Crippen LogP contribution in [0.5, 0.6) is 0 Å². The second-order valence-corrected chi connectivity index (χ2v) is 7.49. The number of fused-ring (bicyclic) bond motifs is 2. The van der Waals surface area contributed by atoms with Crippen LogP contribution in [0.1, 0.15) is 42.5 Å². The molecular weight excluding hydrogens is 348 g/mol. The van der Waals surface area contributed by atoms with Crippen molar-refractivity contribution in [3.8, 4) is 11.8 Å². The molecule has 2 aliphatic rings. The number of aromatic nitrogens is 1. The zero-order valence-corrected chi connectivity index (χ0v) is 16.3. The van der Waals surface area contributed by atoms with Gasteiger partial charge in [0, 0.05) is 12.2 Å². The first-order chi connectivity index (χ1) is 13.7. The maximum absolute atomic E-state index is 12.6. The Hall–Kier alpha value is -2.84. The van der Waals surface area contributed by atoms with E-state index in [-0.39, 0.29) is 5.91 Å². The molecule has 0 bridgehead atoms. The molecule has 28 heavy (non-hydrogen) atoms. The molecule has 1 saturated carbocycles. The fourth-order valence-corrected chi connectivity index (χ4v) is 4.04. The van der Waals surface area contributed by atoms with E-state index in [9.17, 15) is 4.79 Å². The Morgan fingerprint density at radius 2 is 1.96 bits per heavy atom. The van der Waals surface area contributed by atoms with Gasteiger partial charge in [0.1, 0.15) is 0 Å². The van der Waals surface area contributed by atoms with E-state index in [1.165, 1.54) is 32.1 Å². The number of nitrogens with zero attached hydrogens (tertiary/aromatic N) is 3. The molecule has 0 saturated heterocycles. The number of carbonyl (C=O) groups is 1. The van der Waals surface area contributed by atoms with Gasteiger partial charge in [0.05, 0.1) is 30.0 Å².